The molecule has 0 aromatic carbocycles. The van der Waals surface area contributed by atoms with Gasteiger partial charge in [-0.25, -0.2) is 4.79 Å². The van der Waals surface area contributed by atoms with E-state index in [0.29, 0.717) is 24.2 Å². The average Bonchev–Trinajstić information content (AvgIpc) is 3.15. The molecule has 1 aliphatic carbocycles. The van der Waals surface area contributed by atoms with Crippen LogP contribution in [0, 0.1) is 0 Å². The molecule has 0 fully saturated rings. The largest absolute Gasteiger partial charge is 0.462 e. The Bertz CT molecular complexity index is 1120. The van der Waals surface area contributed by atoms with Gasteiger partial charge in [0.25, 0.3) is 0 Å². The maximum absolute atomic E-state index is 14.3. The van der Waals surface area contributed by atoms with Crippen molar-refractivity contribution in [3.05, 3.63) is 16.0 Å². The van der Waals surface area contributed by atoms with Crippen LogP contribution in [0.5, 0.6) is 0 Å². The Labute approximate surface area is 217 Å². The van der Waals surface area contributed by atoms with Gasteiger partial charge in [-0.2, -0.15) is 61.5 Å². The lowest BCUT2D eigenvalue weighted by Crippen LogP contribution is -2.73. The summed E-state index contributed by atoms with van der Waals surface area (Å²) < 4.78 is 195. The fourth-order valence-electron chi connectivity index (χ4n) is 3.36. The van der Waals surface area contributed by atoms with Crippen LogP contribution in [-0.2, 0) is 22.4 Å². The van der Waals surface area contributed by atoms with Gasteiger partial charge in [0.1, 0.15) is 5.00 Å². The molecule has 0 spiro atoms. The van der Waals surface area contributed by atoms with E-state index in [0.717, 1.165) is 5.32 Å². The highest BCUT2D eigenvalue weighted by atomic mass is 35.5. The lowest BCUT2D eigenvalue weighted by atomic mass is 9.91. The smallest absolute Gasteiger partial charge is 0.393 e. The number of alkyl halides is 15. The molecule has 224 valence electrons. The van der Waals surface area contributed by atoms with E-state index in [4.69, 9.17) is 0 Å². The van der Waals surface area contributed by atoms with E-state index < -0.39 is 63.4 Å². The van der Waals surface area contributed by atoms with Crippen molar-refractivity contribution in [1.29, 1.82) is 0 Å². The highest BCUT2D eigenvalue weighted by Gasteiger charge is 2.93. The number of hydrogen-bond acceptors (Lipinski definition) is 4. The number of amides is 1. The van der Waals surface area contributed by atoms with Gasteiger partial charge in [0.2, 0.25) is 0 Å². The maximum atomic E-state index is 14.3. The lowest BCUT2D eigenvalue weighted by molar-refractivity contribution is -0.431. The van der Waals surface area contributed by atoms with Crippen molar-refractivity contribution in [2.45, 2.75) is 73.5 Å². The van der Waals surface area contributed by atoms with Gasteiger partial charge in [-0.05, 0) is 49.8 Å². The molecule has 1 aliphatic rings. The van der Waals surface area contributed by atoms with Crippen LogP contribution in [-0.4, -0.2) is 59.4 Å². The molecule has 1 aromatic rings. The minimum atomic E-state index is -8.35. The monoisotopic (exact) mass is 637 g/mol. The number of esters is 1. The highest BCUT2D eigenvalue weighted by molar-refractivity contribution is 7.17. The molecule has 0 saturated heterocycles. The summed E-state index contributed by atoms with van der Waals surface area (Å²) in [6, 6.07) is 0. The van der Waals surface area contributed by atoms with E-state index in [2.05, 4.69) is 16.3 Å². The van der Waals surface area contributed by atoms with Gasteiger partial charge in [0, 0.05) is 4.88 Å². The third-order valence-corrected chi connectivity index (χ3v) is 6.94. The quantitative estimate of drug-likeness (QED) is 0.166. The molecule has 1 aromatic heterocycles. The first-order valence-electron chi connectivity index (χ1n) is 10.3. The molecule has 0 aliphatic heterocycles. The van der Waals surface area contributed by atoms with Crippen molar-refractivity contribution in [2.75, 3.05) is 11.9 Å². The minimum absolute atomic E-state index is 0.0845. The molecule has 0 saturated carbocycles. The van der Waals surface area contributed by atoms with Gasteiger partial charge in [-0.1, -0.05) is 0 Å². The molecule has 0 atom stereocenters. The zero-order valence-electron chi connectivity index (χ0n) is 18.8. The van der Waals surface area contributed by atoms with Crippen LogP contribution >= 0.6 is 22.9 Å². The third-order valence-electron chi connectivity index (χ3n) is 5.49. The zero-order chi connectivity index (χ0) is 30.6. The molecule has 20 heteroatoms. The van der Waals surface area contributed by atoms with Gasteiger partial charge >= 0.3 is 52.8 Å². The molecular weight excluding hydrogens is 624 g/mol. The average molecular weight is 638 g/mol. The summed E-state index contributed by atoms with van der Waals surface area (Å²) in [6.07, 6.45) is 1.15. The second kappa shape index (κ2) is 10.1. The van der Waals surface area contributed by atoms with Crippen molar-refractivity contribution >= 4 is 39.8 Å². The van der Waals surface area contributed by atoms with Gasteiger partial charge in [0.05, 0.1) is 12.2 Å². The molecule has 0 bridgehead atoms. The van der Waals surface area contributed by atoms with E-state index >= 15 is 0 Å². The van der Waals surface area contributed by atoms with Crippen molar-refractivity contribution in [2.24, 2.45) is 0 Å². The summed E-state index contributed by atoms with van der Waals surface area (Å²) in [5.41, 5.74) is -0.549. The Kier molecular flexibility index (Phi) is 8.58. The second-order valence-corrected chi connectivity index (χ2v) is 9.61. The van der Waals surface area contributed by atoms with Gasteiger partial charge < -0.3 is 10.1 Å². The fraction of sp³-hybridized carbons (Fsp3) is 0.684. The molecule has 0 radical (unpaired) electrons. The Hall–Kier alpha value is -2.05. The van der Waals surface area contributed by atoms with Crippen LogP contribution in [0.25, 0.3) is 0 Å². The van der Waals surface area contributed by atoms with Crippen molar-refractivity contribution in [3.63, 3.8) is 0 Å². The number of rotatable bonds is 10. The summed E-state index contributed by atoms with van der Waals surface area (Å²) in [5, 5.41) is -6.77. The second-order valence-electron chi connectivity index (χ2n) is 8.03. The normalized spacial score (nSPS) is 16.1. The number of aryl methyl sites for hydroxylation is 1. The number of halogens is 15. The maximum Gasteiger partial charge on any atom is 0.393 e. The Morgan fingerprint density at radius 1 is 0.795 bits per heavy atom. The molecule has 1 N–H and O–H groups in total. The first kappa shape index (κ1) is 33.2. The first-order valence-corrected chi connectivity index (χ1v) is 11.5. The summed E-state index contributed by atoms with van der Waals surface area (Å²) in [6.45, 7) is 0.956. The Morgan fingerprint density at radius 3 is 1.74 bits per heavy atom. The van der Waals surface area contributed by atoms with E-state index in [1.165, 1.54) is 6.92 Å². The highest BCUT2D eigenvalue weighted by Crippen LogP contribution is 2.62. The van der Waals surface area contributed by atoms with Crippen LogP contribution in [0.3, 0.4) is 0 Å². The number of fused-ring (bicyclic) bond motifs is 1. The van der Waals surface area contributed by atoms with E-state index in [1.54, 1.807) is 0 Å². The van der Waals surface area contributed by atoms with Crippen LogP contribution in [0.1, 0.15) is 40.6 Å². The number of hydrogen-bond donors (Lipinski definition) is 1. The zero-order valence-corrected chi connectivity index (χ0v) is 20.4. The lowest BCUT2D eigenvalue weighted by Gasteiger charge is -2.41. The molecule has 1 amide bonds. The topological polar surface area (TPSA) is 55.4 Å². The predicted molar refractivity (Wildman–Crippen MR) is 106 cm³/mol. The summed E-state index contributed by atoms with van der Waals surface area (Å²) >= 11 is 3.87. The van der Waals surface area contributed by atoms with Crippen LogP contribution in [0.15, 0.2) is 0 Å². The summed E-state index contributed by atoms with van der Waals surface area (Å²) in [4.78, 5) is 24.5. The van der Waals surface area contributed by atoms with E-state index in [1.807, 2.05) is 0 Å². The Balaban J connectivity index is 2.55. The number of anilines is 1. The van der Waals surface area contributed by atoms with Crippen molar-refractivity contribution < 1.29 is 75.8 Å². The number of carbonyl (C=O) groups is 2. The predicted octanol–water partition coefficient (Wildman–Crippen LogP) is 7.39. The van der Waals surface area contributed by atoms with Crippen LogP contribution < -0.4 is 5.32 Å². The molecular formula is C19H14ClF14NO3S. The number of nitrogens with one attached hydrogen (secondary N) is 1. The first-order chi connectivity index (χ1) is 17.3. The van der Waals surface area contributed by atoms with Crippen molar-refractivity contribution in [3.8, 4) is 0 Å². The number of carbonyl (C=O) groups excluding carboxylic acids is 2. The van der Waals surface area contributed by atoms with Gasteiger partial charge in [-0.3, -0.25) is 4.79 Å². The molecule has 1 heterocycles. The Morgan fingerprint density at radius 2 is 1.26 bits per heavy atom. The number of thiophene rings is 1. The molecule has 2 rings (SSSR count). The molecule has 4 nitrogen and oxygen atoms in total. The fourth-order valence-corrected chi connectivity index (χ4v) is 4.76. The summed E-state index contributed by atoms with van der Waals surface area (Å²) in [7, 11) is 0. The third kappa shape index (κ3) is 4.90. The van der Waals surface area contributed by atoms with Crippen molar-refractivity contribution in [1.82, 2.24) is 0 Å². The van der Waals surface area contributed by atoms with E-state index in [-0.39, 0.29) is 29.9 Å². The number of ether oxygens (including phenoxy) is 1. The standard InChI is InChI=1S/C19H14ClF14NO3S/c1-2-38-11(36)9-7-5-3-4-6-8(7)39-10(9)35-12(37)13(21,22)14(23,24)15(25,26)16(27,28)17(29,30)18(31,32)19(20,33)34/h2-6H2,1H3,(H,35,37). The minimum Gasteiger partial charge on any atom is -0.462 e. The van der Waals surface area contributed by atoms with Gasteiger partial charge in [-0.15, -0.1) is 11.3 Å². The van der Waals surface area contributed by atoms with Gasteiger partial charge in [0.15, 0.2) is 0 Å². The molecule has 0 unspecified atom stereocenters. The van der Waals surface area contributed by atoms with Crippen LogP contribution in [0.2, 0.25) is 0 Å². The van der Waals surface area contributed by atoms with E-state index in [9.17, 15) is 71.1 Å². The summed E-state index contributed by atoms with van der Waals surface area (Å²) in [5.74, 6) is -52.3. The molecule has 39 heavy (non-hydrogen) atoms. The SMILES string of the molecule is CCOC(=O)c1c(NC(=O)C(F)(F)C(F)(F)C(F)(F)C(F)(F)C(F)(F)C(F)(F)C(F)(F)Cl)sc2c1CCCC2. The van der Waals surface area contributed by atoms with Crippen LogP contribution in [0.4, 0.5) is 66.5 Å².